The molecule has 1 saturated heterocycles. The number of ether oxygens (including phenoxy) is 2. The number of thiazole rings is 1. The molecule has 0 saturated carbocycles. The number of hydrogen-bond acceptors (Lipinski definition) is 6. The third kappa shape index (κ3) is 5.23. The molecule has 0 unspecified atom stereocenters. The molecule has 28 heavy (non-hydrogen) atoms. The summed E-state index contributed by atoms with van der Waals surface area (Å²) in [6.45, 7) is 8.86. The lowest BCUT2D eigenvalue weighted by Crippen LogP contribution is -2.41. The summed E-state index contributed by atoms with van der Waals surface area (Å²) in [6, 6.07) is 5.89. The first-order chi connectivity index (χ1) is 13.5. The quantitative estimate of drug-likeness (QED) is 0.765. The second-order valence-electron chi connectivity index (χ2n) is 7.38. The highest BCUT2D eigenvalue weighted by Gasteiger charge is 2.23. The number of carbonyl (C=O) groups excluding carboxylic acids is 1. The van der Waals surface area contributed by atoms with Crippen LogP contribution in [0.1, 0.15) is 47.7 Å². The van der Waals surface area contributed by atoms with Gasteiger partial charge in [-0.1, -0.05) is 0 Å². The number of benzene rings is 1. The average Bonchev–Trinajstić information content (AvgIpc) is 3.11. The Morgan fingerprint density at radius 3 is 2.68 bits per heavy atom. The molecule has 2 aromatic rings. The predicted octanol–water partition coefficient (Wildman–Crippen LogP) is 3.64. The fourth-order valence-electron chi connectivity index (χ4n) is 3.34. The Labute approximate surface area is 170 Å². The molecule has 1 amide bonds. The minimum absolute atomic E-state index is 0.139. The number of likely N-dealkylation sites (tertiary alicyclic amines) is 1. The highest BCUT2D eigenvalue weighted by Crippen LogP contribution is 2.31. The average molecular weight is 404 g/mol. The van der Waals surface area contributed by atoms with Gasteiger partial charge in [-0.15, -0.1) is 11.3 Å². The van der Waals surface area contributed by atoms with Crippen molar-refractivity contribution in [1.82, 2.24) is 15.2 Å². The van der Waals surface area contributed by atoms with Crippen LogP contribution in [0.5, 0.6) is 11.5 Å². The van der Waals surface area contributed by atoms with E-state index in [0.29, 0.717) is 29.6 Å². The van der Waals surface area contributed by atoms with Crippen molar-refractivity contribution in [2.45, 2.75) is 52.3 Å². The van der Waals surface area contributed by atoms with Gasteiger partial charge in [0.25, 0.3) is 5.91 Å². The summed E-state index contributed by atoms with van der Waals surface area (Å²) in [6.07, 6.45) is 2.09. The maximum Gasteiger partial charge on any atom is 0.251 e. The summed E-state index contributed by atoms with van der Waals surface area (Å²) in [5.41, 5.74) is 1.53. The van der Waals surface area contributed by atoms with E-state index >= 15 is 0 Å². The number of rotatable bonds is 7. The van der Waals surface area contributed by atoms with E-state index < -0.39 is 0 Å². The molecule has 0 aliphatic carbocycles. The summed E-state index contributed by atoms with van der Waals surface area (Å²) in [5.74, 6) is 1.14. The topological polar surface area (TPSA) is 63.7 Å². The first kappa shape index (κ1) is 20.6. The molecule has 6 nitrogen and oxygen atoms in total. The largest absolute Gasteiger partial charge is 0.493 e. The van der Waals surface area contributed by atoms with Crippen molar-refractivity contribution in [2.75, 3.05) is 20.2 Å². The highest BCUT2D eigenvalue weighted by atomic mass is 32.1. The Morgan fingerprint density at radius 1 is 1.32 bits per heavy atom. The fraction of sp³-hybridized carbons (Fsp3) is 0.524. The number of nitrogens with zero attached hydrogens (tertiary/aromatic N) is 2. The number of nitrogens with one attached hydrogen (secondary N) is 1. The third-order valence-electron chi connectivity index (χ3n) is 4.99. The van der Waals surface area contributed by atoms with Crippen molar-refractivity contribution in [2.24, 2.45) is 0 Å². The second-order valence-corrected chi connectivity index (χ2v) is 8.32. The molecule has 152 valence electrons. The summed E-state index contributed by atoms with van der Waals surface area (Å²) < 4.78 is 11.7. The summed E-state index contributed by atoms with van der Waals surface area (Å²) >= 11 is 1.55. The fourth-order valence-corrected chi connectivity index (χ4v) is 4.05. The summed E-state index contributed by atoms with van der Waals surface area (Å²) in [4.78, 5) is 19.4. The molecule has 0 atom stereocenters. The van der Waals surface area contributed by atoms with Crippen LogP contribution in [-0.4, -0.2) is 48.1 Å². The molecule has 3 rings (SSSR count). The number of hydrogen-bond donors (Lipinski definition) is 1. The maximum absolute atomic E-state index is 12.5. The van der Waals surface area contributed by atoms with Gasteiger partial charge in [0.15, 0.2) is 11.5 Å². The molecule has 7 heteroatoms. The molecule has 1 aromatic heterocycles. The molecular formula is C21H29N3O3S. The van der Waals surface area contributed by atoms with E-state index in [1.54, 1.807) is 36.6 Å². The lowest BCUT2D eigenvalue weighted by Gasteiger charge is -2.34. The van der Waals surface area contributed by atoms with Gasteiger partial charge in [-0.3, -0.25) is 4.79 Å². The van der Waals surface area contributed by atoms with Crippen molar-refractivity contribution < 1.29 is 14.3 Å². The smallest absolute Gasteiger partial charge is 0.251 e. The summed E-state index contributed by atoms with van der Waals surface area (Å²) in [5, 5.41) is 5.79. The van der Waals surface area contributed by atoms with Crippen molar-refractivity contribution in [3.8, 4) is 11.5 Å². The lowest BCUT2D eigenvalue weighted by molar-refractivity contribution is 0.0819. The molecule has 1 N–H and O–H groups in total. The minimum atomic E-state index is -0.144. The Hall–Kier alpha value is -2.12. The Balaban J connectivity index is 1.63. The van der Waals surface area contributed by atoms with Crippen LogP contribution in [0, 0.1) is 6.92 Å². The molecule has 2 heterocycles. The van der Waals surface area contributed by atoms with E-state index in [9.17, 15) is 4.79 Å². The van der Waals surface area contributed by atoms with Gasteiger partial charge in [-0.25, -0.2) is 4.98 Å². The van der Waals surface area contributed by atoms with Crippen molar-refractivity contribution in [1.29, 1.82) is 0 Å². The Bertz CT molecular complexity index is 798. The van der Waals surface area contributed by atoms with Crippen LogP contribution < -0.4 is 14.8 Å². The molecule has 0 bridgehead atoms. The van der Waals surface area contributed by atoms with Gasteiger partial charge in [-0.2, -0.15) is 0 Å². The SMILES string of the molecule is COc1ccc(C(=O)NCc2nc(C)cs2)cc1OC1CCN(C(C)C)CC1. The van der Waals surface area contributed by atoms with E-state index in [-0.39, 0.29) is 12.0 Å². The third-order valence-corrected chi connectivity index (χ3v) is 5.96. The van der Waals surface area contributed by atoms with Crippen LogP contribution in [0.3, 0.4) is 0 Å². The standard InChI is InChI=1S/C21H29N3O3S/c1-14(2)24-9-7-17(8-10-24)27-19-11-16(5-6-18(19)26-4)21(25)22-12-20-23-15(3)13-28-20/h5-6,11,13-14,17H,7-10,12H2,1-4H3,(H,22,25). The van der Waals surface area contributed by atoms with E-state index in [2.05, 4.69) is 29.0 Å². The predicted molar refractivity (Wildman–Crippen MR) is 111 cm³/mol. The highest BCUT2D eigenvalue weighted by molar-refractivity contribution is 7.09. The molecule has 1 fully saturated rings. The number of carbonyl (C=O) groups is 1. The normalized spacial score (nSPS) is 15.6. The number of methoxy groups -OCH3 is 1. The van der Waals surface area contributed by atoms with E-state index in [4.69, 9.17) is 9.47 Å². The van der Waals surface area contributed by atoms with Crippen LogP contribution in [0.4, 0.5) is 0 Å². The number of piperidine rings is 1. The monoisotopic (exact) mass is 403 g/mol. The van der Waals surface area contributed by atoms with Crippen molar-refractivity contribution in [3.05, 3.63) is 39.8 Å². The van der Waals surface area contributed by atoms with Gasteiger partial charge in [0.2, 0.25) is 0 Å². The van der Waals surface area contributed by atoms with Gasteiger partial charge >= 0.3 is 0 Å². The second kappa shape index (κ2) is 9.39. The van der Waals surface area contributed by atoms with Gasteiger partial charge in [0.1, 0.15) is 11.1 Å². The molecule has 1 aliphatic rings. The van der Waals surface area contributed by atoms with Crippen LogP contribution in [-0.2, 0) is 6.54 Å². The van der Waals surface area contributed by atoms with Crippen molar-refractivity contribution >= 4 is 17.2 Å². The van der Waals surface area contributed by atoms with E-state index in [1.165, 1.54) is 0 Å². The molecule has 1 aliphatic heterocycles. The van der Waals surface area contributed by atoms with Crippen LogP contribution in [0.2, 0.25) is 0 Å². The first-order valence-electron chi connectivity index (χ1n) is 9.74. The van der Waals surface area contributed by atoms with Gasteiger partial charge in [-0.05, 0) is 51.8 Å². The molecular weight excluding hydrogens is 374 g/mol. The zero-order valence-corrected chi connectivity index (χ0v) is 17.8. The number of amides is 1. The van der Waals surface area contributed by atoms with Gasteiger partial charge in [0, 0.05) is 35.8 Å². The maximum atomic E-state index is 12.5. The van der Waals surface area contributed by atoms with Crippen LogP contribution >= 0.6 is 11.3 Å². The summed E-state index contributed by atoms with van der Waals surface area (Å²) in [7, 11) is 1.62. The van der Waals surface area contributed by atoms with Crippen molar-refractivity contribution in [3.63, 3.8) is 0 Å². The molecule has 1 aromatic carbocycles. The molecule has 0 spiro atoms. The van der Waals surface area contributed by atoms with Gasteiger partial charge in [0.05, 0.1) is 13.7 Å². The number of aromatic nitrogens is 1. The lowest BCUT2D eigenvalue weighted by atomic mass is 10.1. The Morgan fingerprint density at radius 2 is 2.07 bits per heavy atom. The van der Waals surface area contributed by atoms with Gasteiger partial charge < -0.3 is 19.7 Å². The van der Waals surface area contributed by atoms with E-state index in [1.807, 2.05) is 12.3 Å². The zero-order valence-electron chi connectivity index (χ0n) is 17.0. The van der Waals surface area contributed by atoms with Crippen LogP contribution in [0.25, 0.3) is 0 Å². The van der Waals surface area contributed by atoms with E-state index in [0.717, 1.165) is 36.6 Å². The van der Waals surface area contributed by atoms with Crippen LogP contribution in [0.15, 0.2) is 23.6 Å². The molecule has 0 radical (unpaired) electrons. The first-order valence-corrected chi connectivity index (χ1v) is 10.6. The number of aryl methyl sites for hydroxylation is 1. The zero-order chi connectivity index (χ0) is 20.1. The minimum Gasteiger partial charge on any atom is -0.493 e. The Kier molecular flexibility index (Phi) is 6.91.